The SMILES string of the molecule is Cc1ccc(S(=O)(=O)Cl)c(C(=O)N(CC(C)C)C2CC2)c1. The summed E-state index contributed by atoms with van der Waals surface area (Å²) >= 11 is 0. The van der Waals surface area contributed by atoms with Crippen LogP contribution in [0.2, 0.25) is 0 Å². The van der Waals surface area contributed by atoms with Gasteiger partial charge in [-0.05, 0) is 37.8 Å². The van der Waals surface area contributed by atoms with E-state index in [-0.39, 0.29) is 22.4 Å². The molecule has 0 unspecified atom stereocenters. The fourth-order valence-corrected chi connectivity index (χ4v) is 3.40. The molecule has 6 heteroatoms. The van der Waals surface area contributed by atoms with Crippen LogP contribution in [0.15, 0.2) is 23.1 Å². The fourth-order valence-electron chi connectivity index (χ4n) is 2.36. The van der Waals surface area contributed by atoms with E-state index in [1.54, 1.807) is 17.0 Å². The molecule has 1 aliphatic carbocycles. The van der Waals surface area contributed by atoms with E-state index in [1.807, 2.05) is 20.8 Å². The van der Waals surface area contributed by atoms with Gasteiger partial charge in [-0.25, -0.2) is 8.42 Å². The Kier molecular flexibility index (Phi) is 4.63. The highest BCUT2D eigenvalue weighted by Gasteiger charge is 2.35. The summed E-state index contributed by atoms with van der Waals surface area (Å²) < 4.78 is 23.4. The summed E-state index contributed by atoms with van der Waals surface area (Å²) in [6, 6.07) is 4.89. The highest BCUT2D eigenvalue weighted by Crippen LogP contribution is 2.31. The molecule has 0 radical (unpaired) electrons. The zero-order valence-electron chi connectivity index (χ0n) is 12.5. The average Bonchev–Trinajstić information content (AvgIpc) is 3.17. The van der Waals surface area contributed by atoms with Crippen molar-refractivity contribution in [3.8, 4) is 0 Å². The molecule has 2 rings (SSSR count). The zero-order chi connectivity index (χ0) is 15.8. The van der Waals surface area contributed by atoms with Crippen LogP contribution in [0.3, 0.4) is 0 Å². The monoisotopic (exact) mass is 329 g/mol. The standard InChI is InChI=1S/C15H20ClNO3S/c1-10(2)9-17(12-5-6-12)15(18)13-8-11(3)4-7-14(13)21(16,19)20/h4,7-8,10,12H,5-6,9H2,1-3H3. The van der Waals surface area contributed by atoms with E-state index in [0.717, 1.165) is 18.4 Å². The summed E-state index contributed by atoms with van der Waals surface area (Å²) in [5.74, 6) is 0.0875. The van der Waals surface area contributed by atoms with Crippen LogP contribution in [0.1, 0.15) is 42.6 Å². The molecule has 1 aliphatic rings. The third-order valence-electron chi connectivity index (χ3n) is 3.44. The van der Waals surface area contributed by atoms with Gasteiger partial charge in [0.05, 0.1) is 10.5 Å². The van der Waals surface area contributed by atoms with E-state index in [2.05, 4.69) is 0 Å². The molecule has 0 N–H and O–H groups in total. The van der Waals surface area contributed by atoms with Gasteiger partial charge in [-0.1, -0.05) is 25.5 Å². The summed E-state index contributed by atoms with van der Waals surface area (Å²) in [6.07, 6.45) is 1.96. The van der Waals surface area contributed by atoms with E-state index in [9.17, 15) is 13.2 Å². The smallest absolute Gasteiger partial charge is 0.262 e. The van der Waals surface area contributed by atoms with Gasteiger partial charge in [0.25, 0.3) is 15.0 Å². The van der Waals surface area contributed by atoms with Gasteiger partial charge in [-0.15, -0.1) is 0 Å². The predicted octanol–water partition coefficient (Wildman–Crippen LogP) is 3.18. The van der Waals surface area contributed by atoms with Gasteiger partial charge >= 0.3 is 0 Å². The van der Waals surface area contributed by atoms with Crippen LogP contribution in [0.25, 0.3) is 0 Å². The number of aryl methyl sites for hydroxylation is 1. The molecule has 0 spiro atoms. The third-order valence-corrected chi connectivity index (χ3v) is 4.82. The Balaban J connectivity index is 2.43. The molecule has 1 aromatic carbocycles. The Morgan fingerprint density at radius 3 is 2.48 bits per heavy atom. The van der Waals surface area contributed by atoms with Gasteiger partial charge in [0.15, 0.2) is 0 Å². The fraction of sp³-hybridized carbons (Fsp3) is 0.533. The lowest BCUT2D eigenvalue weighted by molar-refractivity contribution is 0.0718. The van der Waals surface area contributed by atoms with Crippen LogP contribution in [0.5, 0.6) is 0 Å². The van der Waals surface area contributed by atoms with Crippen molar-refractivity contribution in [1.29, 1.82) is 0 Å². The van der Waals surface area contributed by atoms with Crippen LogP contribution in [-0.2, 0) is 9.05 Å². The molecule has 0 aromatic heterocycles. The number of carbonyl (C=O) groups excluding carboxylic acids is 1. The molecule has 0 atom stereocenters. The summed E-state index contributed by atoms with van der Waals surface area (Å²) in [7, 11) is 1.53. The summed E-state index contributed by atoms with van der Waals surface area (Å²) in [4.78, 5) is 14.5. The molecule has 0 bridgehead atoms. The topological polar surface area (TPSA) is 54.5 Å². The molecule has 1 amide bonds. The molecule has 21 heavy (non-hydrogen) atoms. The van der Waals surface area contributed by atoms with Gasteiger partial charge in [0, 0.05) is 23.3 Å². The van der Waals surface area contributed by atoms with E-state index in [1.165, 1.54) is 6.07 Å². The lowest BCUT2D eigenvalue weighted by atomic mass is 10.1. The first-order valence-electron chi connectivity index (χ1n) is 7.06. The Labute approximate surface area is 130 Å². The summed E-state index contributed by atoms with van der Waals surface area (Å²) in [5.41, 5.74) is 1.01. The van der Waals surface area contributed by atoms with Crippen molar-refractivity contribution in [3.63, 3.8) is 0 Å². The largest absolute Gasteiger partial charge is 0.335 e. The van der Waals surface area contributed by atoms with E-state index in [0.29, 0.717) is 12.5 Å². The minimum absolute atomic E-state index is 0.103. The van der Waals surface area contributed by atoms with Crippen molar-refractivity contribution in [2.24, 2.45) is 5.92 Å². The van der Waals surface area contributed by atoms with Gasteiger partial charge in [-0.3, -0.25) is 4.79 Å². The quantitative estimate of drug-likeness (QED) is 0.780. The summed E-state index contributed by atoms with van der Waals surface area (Å²) in [6.45, 7) is 6.53. The van der Waals surface area contributed by atoms with Gasteiger partial charge < -0.3 is 4.90 Å². The maximum atomic E-state index is 12.8. The number of benzene rings is 1. The first kappa shape index (κ1) is 16.3. The molecule has 0 saturated heterocycles. The van der Waals surface area contributed by atoms with Crippen molar-refractivity contribution >= 4 is 25.6 Å². The number of nitrogens with zero attached hydrogens (tertiary/aromatic N) is 1. The Morgan fingerprint density at radius 1 is 1.38 bits per heavy atom. The van der Waals surface area contributed by atoms with Crippen LogP contribution in [0.4, 0.5) is 0 Å². The molecule has 0 aliphatic heterocycles. The lowest BCUT2D eigenvalue weighted by Crippen LogP contribution is -2.36. The molecule has 1 fully saturated rings. The second-order valence-electron chi connectivity index (χ2n) is 6.02. The number of carbonyl (C=O) groups is 1. The first-order valence-corrected chi connectivity index (χ1v) is 9.37. The van der Waals surface area contributed by atoms with Crippen molar-refractivity contribution in [2.45, 2.75) is 44.6 Å². The minimum atomic E-state index is -3.94. The molecular weight excluding hydrogens is 310 g/mol. The van der Waals surface area contributed by atoms with Crippen LogP contribution >= 0.6 is 10.7 Å². The number of amides is 1. The van der Waals surface area contributed by atoms with Crippen molar-refractivity contribution < 1.29 is 13.2 Å². The second kappa shape index (κ2) is 5.97. The van der Waals surface area contributed by atoms with Gasteiger partial charge in [-0.2, -0.15) is 0 Å². The normalized spacial score (nSPS) is 15.3. The molecule has 0 heterocycles. The lowest BCUT2D eigenvalue weighted by Gasteiger charge is -2.25. The van der Waals surface area contributed by atoms with Crippen molar-refractivity contribution in [3.05, 3.63) is 29.3 Å². The average molecular weight is 330 g/mol. The van der Waals surface area contributed by atoms with E-state index >= 15 is 0 Å². The van der Waals surface area contributed by atoms with Crippen LogP contribution in [0, 0.1) is 12.8 Å². The summed E-state index contributed by atoms with van der Waals surface area (Å²) in [5, 5.41) is 0. The maximum absolute atomic E-state index is 12.8. The van der Waals surface area contributed by atoms with Crippen LogP contribution < -0.4 is 0 Å². The molecular formula is C15H20ClNO3S. The Morgan fingerprint density at radius 2 is 2.00 bits per heavy atom. The van der Waals surface area contributed by atoms with Gasteiger partial charge in [0.2, 0.25) is 0 Å². The van der Waals surface area contributed by atoms with Crippen LogP contribution in [-0.4, -0.2) is 31.8 Å². The number of hydrogen-bond acceptors (Lipinski definition) is 3. The van der Waals surface area contributed by atoms with Crippen molar-refractivity contribution in [1.82, 2.24) is 4.90 Å². The molecule has 1 saturated carbocycles. The number of rotatable bonds is 5. The molecule has 116 valence electrons. The Bertz CT molecular complexity index is 651. The zero-order valence-corrected chi connectivity index (χ0v) is 14.0. The Hall–Kier alpha value is -1.07. The number of halogens is 1. The van der Waals surface area contributed by atoms with E-state index in [4.69, 9.17) is 10.7 Å². The first-order chi connectivity index (χ1) is 9.70. The molecule has 4 nitrogen and oxygen atoms in total. The minimum Gasteiger partial charge on any atom is -0.335 e. The number of hydrogen-bond donors (Lipinski definition) is 0. The maximum Gasteiger partial charge on any atom is 0.262 e. The van der Waals surface area contributed by atoms with Crippen molar-refractivity contribution in [2.75, 3.05) is 6.54 Å². The third kappa shape index (κ3) is 3.98. The molecule has 1 aromatic rings. The van der Waals surface area contributed by atoms with E-state index < -0.39 is 9.05 Å². The predicted molar refractivity (Wildman–Crippen MR) is 83.1 cm³/mol. The highest BCUT2D eigenvalue weighted by molar-refractivity contribution is 8.13. The highest BCUT2D eigenvalue weighted by atomic mass is 35.7. The van der Waals surface area contributed by atoms with Gasteiger partial charge in [0.1, 0.15) is 0 Å². The second-order valence-corrected chi connectivity index (χ2v) is 8.55.